The molecule has 0 atom stereocenters. The van der Waals surface area contributed by atoms with E-state index in [1.807, 2.05) is 0 Å². The third-order valence-electron chi connectivity index (χ3n) is 4.30. The van der Waals surface area contributed by atoms with Crippen LogP contribution in [0.25, 0.3) is 11.3 Å². The minimum atomic E-state index is -1.74. The SMILES string of the molecule is [CH3][Ge]([CH3])([CH3])[c]1ccc(-c2cccc3c2CCCC3)nc1. The fourth-order valence-corrected chi connectivity index (χ4v) is 5.19. The standard InChI is InChI=1S/C18H23GeN/c1-19(2,3)15-11-12-18(20-13-15)17-10-6-8-14-7-4-5-9-16(14)17/h6,8,10-13H,4-5,7,9H2,1-3H3. The molecule has 0 aliphatic heterocycles. The topological polar surface area (TPSA) is 12.9 Å². The van der Waals surface area contributed by atoms with Gasteiger partial charge in [-0.2, -0.15) is 0 Å². The molecule has 104 valence electrons. The van der Waals surface area contributed by atoms with Crippen molar-refractivity contribution in [3.8, 4) is 11.3 Å². The molecule has 20 heavy (non-hydrogen) atoms. The van der Waals surface area contributed by atoms with Crippen LogP contribution < -0.4 is 4.40 Å². The van der Waals surface area contributed by atoms with Crippen LogP contribution in [-0.4, -0.2) is 18.3 Å². The summed E-state index contributed by atoms with van der Waals surface area (Å²) in [6, 6.07) is 11.3. The van der Waals surface area contributed by atoms with Crippen molar-refractivity contribution < 1.29 is 0 Å². The van der Waals surface area contributed by atoms with E-state index in [1.165, 1.54) is 46.8 Å². The van der Waals surface area contributed by atoms with Crippen LogP contribution in [0, 0.1) is 0 Å². The molecule has 0 amide bonds. The molecule has 0 N–H and O–H groups in total. The predicted octanol–water partition coefficient (Wildman–Crippen LogP) is 4.17. The second-order valence-corrected chi connectivity index (χ2v) is 17.5. The van der Waals surface area contributed by atoms with Crippen molar-refractivity contribution in [1.29, 1.82) is 0 Å². The molecule has 2 heteroatoms. The third kappa shape index (κ3) is 2.69. The fraction of sp³-hybridized carbons (Fsp3) is 0.389. The van der Waals surface area contributed by atoms with E-state index in [9.17, 15) is 0 Å². The second-order valence-electron chi connectivity index (χ2n) is 6.83. The number of hydrogen-bond acceptors (Lipinski definition) is 1. The Morgan fingerprint density at radius 2 is 1.75 bits per heavy atom. The molecule has 2 aromatic rings. The molecule has 0 radical (unpaired) electrons. The summed E-state index contributed by atoms with van der Waals surface area (Å²) in [5, 5.41) is 0. The Balaban J connectivity index is 2.01. The first-order valence-electron chi connectivity index (χ1n) is 7.63. The first-order chi connectivity index (χ1) is 9.55. The number of pyridine rings is 1. The van der Waals surface area contributed by atoms with E-state index in [-0.39, 0.29) is 0 Å². The van der Waals surface area contributed by atoms with E-state index < -0.39 is 13.3 Å². The summed E-state index contributed by atoms with van der Waals surface area (Å²) in [5.74, 6) is 7.25. The summed E-state index contributed by atoms with van der Waals surface area (Å²) in [6.45, 7) is 0. The maximum atomic E-state index is 4.77. The fourth-order valence-electron chi connectivity index (χ4n) is 3.02. The normalized spacial score (nSPS) is 14.9. The summed E-state index contributed by atoms with van der Waals surface area (Å²) in [5.41, 5.74) is 5.58. The molecular formula is C18H23GeN. The zero-order valence-corrected chi connectivity index (χ0v) is 14.8. The van der Waals surface area contributed by atoms with Crippen molar-refractivity contribution in [3.05, 3.63) is 47.7 Å². The molecule has 3 rings (SSSR count). The number of nitrogens with zero attached hydrogens (tertiary/aromatic N) is 1. The van der Waals surface area contributed by atoms with E-state index in [0.717, 1.165) is 5.69 Å². The van der Waals surface area contributed by atoms with E-state index in [4.69, 9.17) is 4.98 Å². The molecule has 0 saturated heterocycles. The molecule has 1 aromatic carbocycles. The number of hydrogen-bond donors (Lipinski definition) is 0. The maximum absolute atomic E-state index is 4.77. The van der Waals surface area contributed by atoms with Gasteiger partial charge in [0.25, 0.3) is 0 Å². The van der Waals surface area contributed by atoms with Crippen molar-refractivity contribution in [2.45, 2.75) is 43.0 Å². The van der Waals surface area contributed by atoms with Crippen LogP contribution in [0.1, 0.15) is 24.0 Å². The van der Waals surface area contributed by atoms with Crippen molar-refractivity contribution in [2.75, 3.05) is 0 Å². The first kappa shape index (κ1) is 13.9. The van der Waals surface area contributed by atoms with Crippen LogP contribution in [0.3, 0.4) is 0 Å². The van der Waals surface area contributed by atoms with Gasteiger partial charge in [-0.1, -0.05) is 0 Å². The van der Waals surface area contributed by atoms with Crippen LogP contribution in [0.5, 0.6) is 0 Å². The van der Waals surface area contributed by atoms with Crippen LogP contribution in [-0.2, 0) is 12.8 Å². The average Bonchev–Trinajstić information content (AvgIpc) is 2.46. The van der Waals surface area contributed by atoms with Crippen LogP contribution in [0.2, 0.25) is 17.3 Å². The molecular weight excluding hydrogens is 303 g/mol. The van der Waals surface area contributed by atoms with Gasteiger partial charge >= 0.3 is 125 Å². The van der Waals surface area contributed by atoms with E-state index in [2.05, 4.69) is 53.8 Å². The third-order valence-corrected chi connectivity index (χ3v) is 8.56. The Hall–Kier alpha value is -1.09. The molecule has 1 aromatic heterocycles. The van der Waals surface area contributed by atoms with Gasteiger partial charge in [-0.15, -0.1) is 0 Å². The van der Waals surface area contributed by atoms with E-state index in [0.29, 0.717) is 0 Å². The molecule has 0 spiro atoms. The van der Waals surface area contributed by atoms with Crippen LogP contribution in [0.15, 0.2) is 36.5 Å². The van der Waals surface area contributed by atoms with E-state index in [1.54, 1.807) is 0 Å². The van der Waals surface area contributed by atoms with Crippen molar-refractivity contribution in [3.63, 3.8) is 0 Å². The van der Waals surface area contributed by atoms with Gasteiger partial charge in [-0.05, 0) is 0 Å². The Kier molecular flexibility index (Phi) is 3.72. The molecule has 0 fully saturated rings. The molecule has 0 saturated carbocycles. The molecule has 1 aliphatic carbocycles. The van der Waals surface area contributed by atoms with Crippen LogP contribution >= 0.6 is 0 Å². The van der Waals surface area contributed by atoms with Crippen molar-refractivity contribution in [1.82, 2.24) is 4.98 Å². The van der Waals surface area contributed by atoms with E-state index >= 15 is 0 Å². The quantitative estimate of drug-likeness (QED) is 0.755. The molecule has 1 heterocycles. The minimum absolute atomic E-state index is 1.15. The Morgan fingerprint density at radius 1 is 0.950 bits per heavy atom. The van der Waals surface area contributed by atoms with Gasteiger partial charge in [-0.3, -0.25) is 0 Å². The average molecular weight is 326 g/mol. The second kappa shape index (κ2) is 5.36. The van der Waals surface area contributed by atoms with Gasteiger partial charge in [0.1, 0.15) is 0 Å². The number of benzene rings is 1. The van der Waals surface area contributed by atoms with Crippen molar-refractivity contribution >= 4 is 17.7 Å². The van der Waals surface area contributed by atoms with Gasteiger partial charge in [0.2, 0.25) is 0 Å². The molecule has 0 bridgehead atoms. The molecule has 1 aliphatic rings. The summed E-state index contributed by atoms with van der Waals surface area (Å²) in [6.07, 6.45) is 7.22. The van der Waals surface area contributed by atoms with Gasteiger partial charge in [0, 0.05) is 0 Å². The van der Waals surface area contributed by atoms with Crippen molar-refractivity contribution in [2.24, 2.45) is 0 Å². The zero-order chi connectivity index (χ0) is 14.2. The van der Waals surface area contributed by atoms with Gasteiger partial charge < -0.3 is 0 Å². The summed E-state index contributed by atoms with van der Waals surface area (Å²) >= 11 is -1.74. The molecule has 0 unspecified atom stereocenters. The van der Waals surface area contributed by atoms with Gasteiger partial charge in [-0.25, -0.2) is 0 Å². The number of aromatic nitrogens is 1. The number of rotatable bonds is 2. The monoisotopic (exact) mass is 327 g/mol. The first-order valence-corrected chi connectivity index (χ1v) is 15.0. The number of aryl methyl sites for hydroxylation is 1. The Morgan fingerprint density at radius 3 is 2.45 bits per heavy atom. The van der Waals surface area contributed by atoms with Crippen LogP contribution in [0.4, 0.5) is 0 Å². The summed E-state index contributed by atoms with van der Waals surface area (Å²) < 4.78 is 1.48. The van der Waals surface area contributed by atoms with Gasteiger partial charge in [0.15, 0.2) is 0 Å². The summed E-state index contributed by atoms with van der Waals surface area (Å²) in [4.78, 5) is 4.77. The summed E-state index contributed by atoms with van der Waals surface area (Å²) in [7, 11) is 0. The van der Waals surface area contributed by atoms with Gasteiger partial charge in [0.05, 0.1) is 0 Å². The predicted molar refractivity (Wildman–Crippen MR) is 89.3 cm³/mol. The Labute approximate surface area is 124 Å². The molecule has 1 nitrogen and oxygen atoms in total. The Bertz CT molecular complexity index is 608. The number of fused-ring (bicyclic) bond motifs is 1. The zero-order valence-electron chi connectivity index (χ0n) is 12.7.